The Morgan fingerprint density at radius 2 is 1.74 bits per heavy atom. The lowest BCUT2D eigenvalue weighted by atomic mass is 10.1. The van der Waals surface area contributed by atoms with E-state index < -0.39 is 5.91 Å². The number of hydrogen-bond acceptors (Lipinski definition) is 6. The molecular weight excluding hydrogens is 394 g/mol. The number of primary amides is 1. The van der Waals surface area contributed by atoms with Gasteiger partial charge in [0.15, 0.2) is 0 Å². The summed E-state index contributed by atoms with van der Waals surface area (Å²) in [5, 5.41) is 0. The van der Waals surface area contributed by atoms with Gasteiger partial charge in [0.05, 0.1) is 17.4 Å². The van der Waals surface area contributed by atoms with Crippen molar-refractivity contribution in [2.45, 2.75) is 32.2 Å². The molecule has 1 saturated heterocycles. The van der Waals surface area contributed by atoms with Gasteiger partial charge in [0.25, 0.3) is 0 Å². The molecule has 0 unspecified atom stereocenters. The Hall–Kier alpha value is -3.49. The number of carbonyl (C=O) groups is 2. The first-order valence-electron chi connectivity index (χ1n) is 10.7. The smallest absolute Gasteiger partial charge is 0.248 e. The van der Waals surface area contributed by atoms with E-state index in [2.05, 4.69) is 19.9 Å². The SMILES string of the molecule is NC(=O)c1ccc2ncn(CCCCCC(=O)N3CCN(c4ncccn4)CC3)c2c1. The molecule has 3 aromatic rings. The number of hydrogen-bond donors (Lipinski definition) is 1. The number of unbranched alkanes of at least 4 members (excludes halogenated alkanes) is 2. The van der Waals surface area contributed by atoms with Gasteiger partial charge in [-0.2, -0.15) is 0 Å². The summed E-state index contributed by atoms with van der Waals surface area (Å²) in [5.74, 6) is 0.502. The first-order valence-corrected chi connectivity index (χ1v) is 10.7. The van der Waals surface area contributed by atoms with Crippen molar-refractivity contribution in [2.75, 3.05) is 31.1 Å². The van der Waals surface area contributed by atoms with Gasteiger partial charge in [0.2, 0.25) is 17.8 Å². The van der Waals surface area contributed by atoms with Crippen LogP contribution >= 0.6 is 0 Å². The van der Waals surface area contributed by atoms with Crippen molar-refractivity contribution < 1.29 is 9.59 Å². The third kappa shape index (κ3) is 4.99. The summed E-state index contributed by atoms with van der Waals surface area (Å²) < 4.78 is 2.04. The summed E-state index contributed by atoms with van der Waals surface area (Å²) in [6, 6.07) is 7.10. The number of aryl methyl sites for hydroxylation is 1. The summed E-state index contributed by atoms with van der Waals surface area (Å²) in [6.07, 6.45) is 8.60. The van der Waals surface area contributed by atoms with Crippen molar-refractivity contribution in [3.63, 3.8) is 0 Å². The maximum Gasteiger partial charge on any atom is 0.248 e. The Morgan fingerprint density at radius 1 is 0.968 bits per heavy atom. The van der Waals surface area contributed by atoms with E-state index in [0.717, 1.165) is 55.9 Å². The summed E-state index contributed by atoms with van der Waals surface area (Å²) in [5.41, 5.74) is 7.62. The molecule has 2 N–H and O–H groups in total. The van der Waals surface area contributed by atoms with E-state index in [9.17, 15) is 9.59 Å². The van der Waals surface area contributed by atoms with Crippen LogP contribution in [0.3, 0.4) is 0 Å². The van der Waals surface area contributed by atoms with Crippen LogP contribution in [0.5, 0.6) is 0 Å². The fourth-order valence-electron chi connectivity index (χ4n) is 3.89. The molecule has 0 radical (unpaired) electrons. The molecule has 2 aromatic heterocycles. The Balaban J connectivity index is 1.18. The molecule has 162 valence electrons. The number of anilines is 1. The highest BCUT2D eigenvalue weighted by Crippen LogP contribution is 2.17. The van der Waals surface area contributed by atoms with E-state index in [-0.39, 0.29) is 5.91 Å². The van der Waals surface area contributed by atoms with Crippen LogP contribution in [0, 0.1) is 0 Å². The quantitative estimate of drug-likeness (QED) is 0.556. The molecule has 2 amide bonds. The standard InChI is InChI=1S/C22H27N7O2/c23-21(31)17-6-7-18-19(15-17)29(16-26-18)10-3-1-2-5-20(30)27-11-13-28(14-12-27)22-24-8-4-9-25-22/h4,6-9,15-16H,1-3,5,10-14H2,(H2,23,31). The van der Waals surface area contributed by atoms with Crippen LogP contribution in [0.1, 0.15) is 36.0 Å². The fourth-order valence-corrected chi connectivity index (χ4v) is 3.89. The summed E-state index contributed by atoms with van der Waals surface area (Å²) >= 11 is 0. The molecule has 0 bridgehead atoms. The Labute approximate surface area is 180 Å². The average Bonchev–Trinajstić information content (AvgIpc) is 3.21. The molecule has 9 nitrogen and oxygen atoms in total. The minimum Gasteiger partial charge on any atom is -0.366 e. The van der Waals surface area contributed by atoms with Crippen molar-refractivity contribution in [1.29, 1.82) is 0 Å². The number of aromatic nitrogens is 4. The Bertz CT molecular complexity index is 1040. The topological polar surface area (TPSA) is 110 Å². The largest absolute Gasteiger partial charge is 0.366 e. The van der Waals surface area contributed by atoms with Gasteiger partial charge in [-0.3, -0.25) is 9.59 Å². The molecule has 0 aliphatic carbocycles. The predicted octanol–water partition coefficient (Wildman–Crippen LogP) is 1.83. The highest BCUT2D eigenvalue weighted by molar-refractivity contribution is 5.96. The molecule has 4 rings (SSSR count). The van der Waals surface area contributed by atoms with Crippen LogP contribution < -0.4 is 10.6 Å². The Kier molecular flexibility index (Phi) is 6.40. The van der Waals surface area contributed by atoms with Gasteiger partial charge in [-0.15, -0.1) is 0 Å². The van der Waals surface area contributed by atoms with E-state index in [1.807, 2.05) is 15.5 Å². The highest BCUT2D eigenvalue weighted by atomic mass is 16.2. The van der Waals surface area contributed by atoms with Crippen molar-refractivity contribution in [2.24, 2.45) is 5.73 Å². The number of amides is 2. The number of nitrogens with zero attached hydrogens (tertiary/aromatic N) is 6. The van der Waals surface area contributed by atoms with Gasteiger partial charge in [0.1, 0.15) is 0 Å². The molecule has 1 aromatic carbocycles. The molecule has 1 fully saturated rings. The van der Waals surface area contributed by atoms with E-state index >= 15 is 0 Å². The molecule has 0 saturated carbocycles. The molecule has 1 aliphatic rings. The molecule has 3 heterocycles. The lowest BCUT2D eigenvalue weighted by Crippen LogP contribution is -2.49. The summed E-state index contributed by atoms with van der Waals surface area (Å²) in [6.45, 7) is 3.73. The average molecular weight is 422 g/mol. The van der Waals surface area contributed by atoms with Crippen molar-refractivity contribution in [1.82, 2.24) is 24.4 Å². The van der Waals surface area contributed by atoms with Gasteiger partial charge in [-0.1, -0.05) is 6.42 Å². The van der Waals surface area contributed by atoms with E-state index in [0.29, 0.717) is 25.1 Å². The lowest BCUT2D eigenvalue weighted by molar-refractivity contribution is -0.131. The van der Waals surface area contributed by atoms with Crippen LogP contribution in [-0.2, 0) is 11.3 Å². The number of nitrogens with two attached hydrogens (primary N) is 1. The minimum atomic E-state index is -0.440. The monoisotopic (exact) mass is 421 g/mol. The molecule has 9 heteroatoms. The zero-order valence-electron chi connectivity index (χ0n) is 17.5. The predicted molar refractivity (Wildman–Crippen MR) is 118 cm³/mol. The molecule has 0 atom stereocenters. The number of carbonyl (C=O) groups excluding carboxylic acids is 2. The van der Waals surface area contributed by atoms with E-state index in [1.165, 1.54) is 0 Å². The van der Waals surface area contributed by atoms with Crippen molar-refractivity contribution in [3.8, 4) is 0 Å². The van der Waals surface area contributed by atoms with Gasteiger partial charge in [-0.25, -0.2) is 15.0 Å². The van der Waals surface area contributed by atoms with Gasteiger partial charge < -0.3 is 20.1 Å². The number of fused-ring (bicyclic) bond motifs is 1. The van der Waals surface area contributed by atoms with Crippen LogP contribution in [-0.4, -0.2) is 62.4 Å². The fraction of sp³-hybridized carbons (Fsp3) is 0.409. The second-order valence-electron chi connectivity index (χ2n) is 7.73. The van der Waals surface area contributed by atoms with Gasteiger partial charge in [-0.05, 0) is 37.1 Å². The van der Waals surface area contributed by atoms with Crippen LogP contribution in [0.4, 0.5) is 5.95 Å². The number of imidazole rings is 1. The van der Waals surface area contributed by atoms with Crippen LogP contribution in [0.2, 0.25) is 0 Å². The number of rotatable bonds is 8. The van der Waals surface area contributed by atoms with Crippen LogP contribution in [0.15, 0.2) is 43.0 Å². The van der Waals surface area contributed by atoms with Crippen molar-refractivity contribution >= 4 is 28.8 Å². The molecule has 0 spiro atoms. The van der Waals surface area contributed by atoms with E-state index in [4.69, 9.17) is 5.73 Å². The second-order valence-corrected chi connectivity index (χ2v) is 7.73. The first kappa shape index (κ1) is 20.8. The van der Waals surface area contributed by atoms with Gasteiger partial charge in [0, 0.05) is 57.1 Å². The summed E-state index contributed by atoms with van der Waals surface area (Å²) in [4.78, 5) is 40.9. The molecular formula is C22H27N7O2. The normalized spacial score (nSPS) is 14.2. The van der Waals surface area contributed by atoms with E-state index in [1.54, 1.807) is 36.9 Å². The molecule has 1 aliphatic heterocycles. The second kappa shape index (κ2) is 9.55. The third-order valence-corrected chi connectivity index (χ3v) is 5.66. The highest BCUT2D eigenvalue weighted by Gasteiger charge is 2.21. The third-order valence-electron chi connectivity index (χ3n) is 5.66. The minimum absolute atomic E-state index is 0.216. The van der Waals surface area contributed by atoms with Crippen molar-refractivity contribution in [3.05, 3.63) is 48.5 Å². The first-order chi connectivity index (χ1) is 15.1. The maximum atomic E-state index is 12.5. The lowest BCUT2D eigenvalue weighted by Gasteiger charge is -2.34. The number of piperazine rings is 1. The maximum absolute atomic E-state index is 12.5. The summed E-state index contributed by atoms with van der Waals surface area (Å²) in [7, 11) is 0. The van der Waals surface area contributed by atoms with Crippen LogP contribution in [0.25, 0.3) is 11.0 Å². The zero-order valence-corrected chi connectivity index (χ0v) is 17.5. The Morgan fingerprint density at radius 3 is 2.48 bits per heavy atom. The number of benzene rings is 1. The van der Waals surface area contributed by atoms with Gasteiger partial charge >= 0.3 is 0 Å². The molecule has 31 heavy (non-hydrogen) atoms. The zero-order chi connectivity index (χ0) is 21.6.